The summed E-state index contributed by atoms with van der Waals surface area (Å²) in [7, 11) is 3.45. The molecule has 140 valence electrons. The first kappa shape index (κ1) is 22.4. The van der Waals surface area contributed by atoms with Crippen molar-refractivity contribution in [1.29, 1.82) is 0 Å². The summed E-state index contributed by atoms with van der Waals surface area (Å²) < 4.78 is 1.03. The first-order chi connectivity index (χ1) is 12.0. The predicted octanol–water partition coefficient (Wildman–Crippen LogP) is 2.79. The van der Waals surface area contributed by atoms with Gasteiger partial charge < -0.3 is 15.5 Å². The molecule has 0 atom stereocenters. The Balaban J connectivity index is 0.00000338. The molecule has 1 aromatic heterocycles. The Bertz CT molecular complexity index is 707. The number of aromatic nitrogens is 1. The van der Waals surface area contributed by atoms with E-state index in [4.69, 9.17) is 0 Å². The van der Waals surface area contributed by atoms with Gasteiger partial charge in [0.2, 0.25) is 5.91 Å². The number of halogens is 2. The molecule has 2 rings (SSSR count). The van der Waals surface area contributed by atoms with E-state index in [0.717, 1.165) is 15.7 Å². The summed E-state index contributed by atoms with van der Waals surface area (Å²) in [6.45, 7) is 1.23. The molecule has 0 aliphatic carbocycles. The van der Waals surface area contributed by atoms with Crippen LogP contribution in [-0.4, -0.2) is 42.4 Å². The Kier molecular flexibility index (Phi) is 10.2. The molecule has 0 aliphatic rings. The summed E-state index contributed by atoms with van der Waals surface area (Å²) in [5.74, 6) is 0.555. The van der Waals surface area contributed by atoms with Gasteiger partial charge in [-0.15, -0.1) is 24.0 Å². The molecule has 2 aromatic rings. The fraction of sp³-hybridized carbons (Fsp3) is 0.278. The third-order valence-electron chi connectivity index (χ3n) is 3.40. The number of guanidine groups is 1. The van der Waals surface area contributed by atoms with Gasteiger partial charge in [0, 0.05) is 24.8 Å². The molecule has 0 saturated heterocycles. The zero-order valence-electron chi connectivity index (χ0n) is 14.8. The van der Waals surface area contributed by atoms with E-state index in [9.17, 15) is 4.79 Å². The van der Waals surface area contributed by atoms with Crippen molar-refractivity contribution >= 4 is 51.8 Å². The van der Waals surface area contributed by atoms with E-state index in [1.165, 1.54) is 4.90 Å². The van der Waals surface area contributed by atoms with E-state index < -0.39 is 0 Å². The highest BCUT2D eigenvalue weighted by atomic mass is 127. The number of benzene rings is 1. The van der Waals surface area contributed by atoms with Crippen LogP contribution in [0.15, 0.2) is 58.1 Å². The lowest BCUT2D eigenvalue weighted by molar-refractivity contribution is -0.127. The van der Waals surface area contributed by atoms with Crippen molar-refractivity contribution in [3.63, 3.8) is 0 Å². The largest absolute Gasteiger partial charge is 0.351 e. The molecule has 0 saturated carbocycles. The number of carbonyl (C=O) groups is 1. The first-order valence-electron chi connectivity index (χ1n) is 7.91. The molecule has 8 heteroatoms. The minimum absolute atomic E-state index is 0. The lowest BCUT2D eigenvalue weighted by atomic mass is 10.2. The maximum absolute atomic E-state index is 11.8. The number of carbonyl (C=O) groups excluding carboxylic acids is 1. The Morgan fingerprint density at radius 1 is 1.15 bits per heavy atom. The zero-order chi connectivity index (χ0) is 18.1. The predicted molar refractivity (Wildman–Crippen MR) is 118 cm³/mol. The number of likely N-dealkylation sites (N-methyl/N-ethyl adjacent to an activating group) is 1. The quantitative estimate of drug-likeness (QED) is 0.342. The average molecular weight is 532 g/mol. The molecule has 6 nitrogen and oxygen atoms in total. The molecule has 0 fully saturated rings. The summed E-state index contributed by atoms with van der Waals surface area (Å²) in [5.41, 5.74) is 1.99. The van der Waals surface area contributed by atoms with Crippen LogP contribution < -0.4 is 10.6 Å². The van der Waals surface area contributed by atoms with Crippen molar-refractivity contribution in [2.75, 3.05) is 20.6 Å². The van der Waals surface area contributed by atoms with E-state index in [0.29, 0.717) is 19.0 Å². The van der Waals surface area contributed by atoms with Crippen LogP contribution in [0.4, 0.5) is 0 Å². The normalized spacial score (nSPS) is 10.7. The molecule has 1 heterocycles. The Morgan fingerprint density at radius 3 is 2.50 bits per heavy atom. The highest BCUT2D eigenvalue weighted by Crippen LogP contribution is 2.11. The van der Waals surface area contributed by atoms with Gasteiger partial charge in [0.05, 0.1) is 25.3 Å². The Hall–Kier alpha value is -1.68. The first-order valence-corrected chi connectivity index (χ1v) is 8.70. The van der Waals surface area contributed by atoms with Crippen LogP contribution in [0.5, 0.6) is 0 Å². The number of hydrogen-bond donors (Lipinski definition) is 2. The van der Waals surface area contributed by atoms with Crippen LogP contribution >= 0.6 is 39.9 Å². The lowest BCUT2D eigenvalue weighted by Crippen LogP contribution is -2.42. The smallest absolute Gasteiger partial charge is 0.241 e. The SMILES string of the molecule is CN(C)C(=O)CNC(=NCc1ccc(Br)cc1)NCc1ccccn1.I. The van der Waals surface area contributed by atoms with Gasteiger partial charge in [0.15, 0.2) is 5.96 Å². The van der Waals surface area contributed by atoms with E-state index >= 15 is 0 Å². The van der Waals surface area contributed by atoms with Gasteiger partial charge in [-0.05, 0) is 29.8 Å². The van der Waals surface area contributed by atoms with Gasteiger partial charge in [-0.1, -0.05) is 34.1 Å². The number of aliphatic imine (C=N–C) groups is 1. The third kappa shape index (κ3) is 8.13. The van der Waals surface area contributed by atoms with Crippen LogP contribution in [0.2, 0.25) is 0 Å². The summed E-state index contributed by atoms with van der Waals surface area (Å²) in [4.78, 5) is 22.2. The summed E-state index contributed by atoms with van der Waals surface area (Å²) in [5, 5.41) is 6.27. The topological polar surface area (TPSA) is 69.6 Å². The standard InChI is InChI=1S/C18H22BrN5O.HI/c1-24(2)17(25)13-23-18(22-12-16-5-3-4-10-20-16)21-11-14-6-8-15(19)9-7-14;/h3-10H,11-13H2,1-2H3,(H2,21,22,23);1H. The molecule has 1 amide bonds. The molecule has 0 unspecified atom stereocenters. The second-order valence-electron chi connectivity index (χ2n) is 5.61. The number of pyridine rings is 1. The number of nitrogens with one attached hydrogen (secondary N) is 2. The average Bonchev–Trinajstić information content (AvgIpc) is 2.63. The number of rotatable bonds is 6. The summed E-state index contributed by atoms with van der Waals surface area (Å²) >= 11 is 3.42. The number of nitrogens with zero attached hydrogens (tertiary/aromatic N) is 3. The minimum atomic E-state index is -0.0176. The van der Waals surface area contributed by atoms with E-state index in [1.54, 1.807) is 20.3 Å². The second kappa shape index (κ2) is 11.8. The van der Waals surface area contributed by atoms with Crippen LogP contribution in [-0.2, 0) is 17.9 Å². The van der Waals surface area contributed by atoms with Crippen molar-refractivity contribution in [2.45, 2.75) is 13.1 Å². The molecule has 0 radical (unpaired) electrons. The third-order valence-corrected chi connectivity index (χ3v) is 3.93. The Morgan fingerprint density at radius 2 is 1.88 bits per heavy atom. The minimum Gasteiger partial charge on any atom is -0.351 e. The molecule has 0 bridgehead atoms. The molecular formula is C18H23BrIN5O. The van der Waals surface area contributed by atoms with Crippen LogP contribution in [0.25, 0.3) is 0 Å². The van der Waals surface area contributed by atoms with Gasteiger partial charge >= 0.3 is 0 Å². The molecular weight excluding hydrogens is 509 g/mol. The Labute approximate surface area is 179 Å². The highest BCUT2D eigenvalue weighted by molar-refractivity contribution is 14.0. The van der Waals surface area contributed by atoms with Crippen molar-refractivity contribution in [2.24, 2.45) is 4.99 Å². The number of amides is 1. The van der Waals surface area contributed by atoms with Gasteiger partial charge in [0.1, 0.15) is 0 Å². The number of hydrogen-bond acceptors (Lipinski definition) is 3. The van der Waals surface area contributed by atoms with E-state index in [-0.39, 0.29) is 36.4 Å². The van der Waals surface area contributed by atoms with E-state index in [2.05, 4.69) is 36.5 Å². The fourth-order valence-electron chi connectivity index (χ4n) is 1.93. The van der Waals surface area contributed by atoms with Crippen LogP contribution in [0.1, 0.15) is 11.3 Å². The van der Waals surface area contributed by atoms with E-state index in [1.807, 2.05) is 42.5 Å². The van der Waals surface area contributed by atoms with Gasteiger partial charge in [0.25, 0.3) is 0 Å². The lowest BCUT2D eigenvalue weighted by Gasteiger charge is -2.15. The monoisotopic (exact) mass is 531 g/mol. The van der Waals surface area contributed by atoms with Crippen LogP contribution in [0, 0.1) is 0 Å². The maximum Gasteiger partial charge on any atom is 0.241 e. The molecule has 26 heavy (non-hydrogen) atoms. The van der Waals surface area contributed by atoms with Crippen molar-refractivity contribution in [1.82, 2.24) is 20.5 Å². The molecule has 0 spiro atoms. The van der Waals surface area contributed by atoms with Crippen molar-refractivity contribution in [3.8, 4) is 0 Å². The van der Waals surface area contributed by atoms with Gasteiger partial charge in [-0.25, -0.2) is 4.99 Å². The molecule has 0 aliphatic heterocycles. The molecule has 2 N–H and O–H groups in total. The van der Waals surface area contributed by atoms with Crippen molar-refractivity contribution < 1.29 is 4.79 Å². The van der Waals surface area contributed by atoms with Gasteiger partial charge in [-0.3, -0.25) is 9.78 Å². The fourth-order valence-corrected chi connectivity index (χ4v) is 2.19. The van der Waals surface area contributed by atoms with Gasteiger partial charge in [-0.2, -0.15) is 0 Å². The molecule has 1 aromatic carbocycles. The maximum atomic E-state index is 11.8. The second-order valence-corrected chi connectivity index (χ2v) is 6.52. The summed E-state index contributed by atoms with van der Waals surface area (Å²) in [6, 6.07) is 13.7. The highest BCUT2D eigenvalue weighted by Gasteiger charge is 2.06. The summed E-state index contributed by atoms with van der Waals surface area (Å²) in [6.07, 6.45) is 1.75. The van der Waals surface area contributed by atoms with Crippen molar-refractivity contribution in [3.05, 3.63) is 64.4 Å². The zero-order valence-corrected chi connectivity index (χ0v) is 18.7. The van der Waals surface area contributed by atoms with Crippen LogP contribution in [0.3, 0.4) is 0 Å².